The van der Waals surface area contributed by atoms with Gasteiger partial charge in [0, 0.05) is 13.1 Å². The smallest absolute Gasteiger partial charge is 0.314 e. The Morgan fingerprint density at radius 3 is 2.31 bits per heavy atom. The molecule has 0 radical (unpaired) electrons. The van der Waals surface area contributed by atoms with Gasteiger partial charge in [-0.15, -0.1) is 0 Å². The van der Waals surface area contributed by atoms with E-state index >= 15 is 0 Å². The summed E-state index contributed by atoms with van der Waals surface area (Å²) in [5.74, 6) is -1.39. The topological polar surface area (TPSA) is 78.4 Å². The first kappa shape index (κ1) is 14.7. The molecule has 1 atom stereocenters. The van der Waals surface area contributed by atoms with E-state index in [1.807, 2.05) is 20.8 Å². The average Bonchev–Trinajstić information content (AvgIpc) is 2.17. The Morgan fingerprint density at radius 2 is 1.88 bits per heavy atom. The molecule has 0 aliphatic carbocycles. The Morgan fingerprint density at radius 1 is 1.25 bits per heavy atom. The predicted octanol–water partition coefficient (Wildman–Crippen LogP) is 1.44. The molecule has 0 saturated carbocycles. The van der Waals surface area contributed by atoms with Crippen molar-refractivity contribution in [3.05, 3.63) is 0 Å². The SMILES string of the molecule is CCCCNC(=O)NCC(C(=O)O)C(C)C. The van der Waals surface area contributed by atoms with Crippen LogP contribution in [0.5, 0.6) is 0 Å². The highest BCUT2D eigenvalue weighted by atomic mass is 16.4. The van der Waals surface area contributed by atoms with Crippen LogP contribution in [0.4, 0.5) is 4.79 Å². The minimum atomic E-state index is -0.871. The number of unbranched alkanes of at least 4 members (excludes halogenated alkanes) is 1. The lowest BCUT2D eigenvalue weighted by Crippen LogP contribution is -2.41. The third kappa shape index (κ3) is 6.27. The van der Waals surface area contributed by atoms with Crippen LogP contribution < -0.4 is 10.6 Å². The molecule has 94 valence electrons. The number of carboxylic acid groups (broad SMARTS) is 1. The Kier molecular flexibility index (Phi) is 7.33. The van der Waals surface area contributed by atoms with E-state index in [9.17, 15) is 9.59 Å². The maximum absolute atomic E-state index is 11.3. The number of aliphatic carboxylic acids is 1. The van der Waals surface area contributed by atoms with Gasteiger partial charge in [-0.3, -0.25) is 4.79 Å². The van der Waals surface area contributed by atoms with Crippen molar-refractivity contribution in [1.82, 2.24) is 10.6 Å². The van der Waals surface area contributed by atoms with Crippen molar-refractivity contribution in [3.8, 4) is 0 Å². The molecule has 0 aliphatic heterocycles. The second kappa shape index (κ2) is 7.96. The second-order valence-corrected chi connectivity index (χ2v) is 4.18. The van der Waals surface area contributed by atoms with E-state index in [0.29, 0.717) is 6.54 Å². The molecule has 5 heteroatoms. The lowest BCUT2D eigenvalue weighted by Gasteiger charge is -2.16. The maximum atomic E-state index is 11.3. The Bertz CT molecular complexity index is 229. The zero-order valence-electron chi connectivity index (χ0n) is 10.2. The van der Waals surface area contributed by atoms with Gasteiger partial charge in [-0.1, -0.05) is 27.2 Å². The number of nitrogens with one attached hydrogen (secondary N) is 2. The van der Waals surface area contributed by atoms with E-state index in [4.69, 9.17) is 5.11 Å². The van der Waals surface area contributed by atoms with Gasteiger partial charge in [-0.25, -0.2) is 4.79 Å². The molecule has 0 heterocycles. The fourth-order valence-electron chi connectivity index (χ4n) is 1.25. The minimum Gasteiger partial charge on any atom is -0.481 e. The summed E-state index contributed by atoms with van der Waals surface area (Å²) in [5, 5.41) is 14.1. The minimum absolute atomic E-state index is 0.00782. The van der Waals surface area contributed by atoms with Crippen LogP contribution in [0.1, 0.15) is 33.6 Å². The summed E-state index contributed by atoms with van der Waals surface area (Å²) in [7, 11) is 0. The van der Waals surface area contributed by atoms with Crippen molar-refractivity contribution < 1.29 is 14.7 Å². The second-order valence-electron chi connectivity index (χ2n) is 4.18. The monoisotopic (exact) mass is 230 g/mol. The fourth-order valence-corrected chi connectivity index (χ4v) is 1.25. The number of carbonyl (C=O) groups excluding carboxylic acids is 1. The largest absolute Gasteiger partial charge is 0.481 e. The zero-order valence-corrected chi connectivity index (χ0v) is 10.2. The number of hydrogen-bond donors (Lipinski definition) is 3. The molecule has 2 amide bonds. The molecule has 5 nitrogen and oxygen atoms in total. The highest BCUT2D eigenvalue weighted by Crippen LogP contribution is 2.09. The molecule has 0 fully saturated rings. The highest BCUT2D eigenvalue weighted by molar-refractivity contribution is 5.75. The Balaban J connectivity index is 3.83. The molecule has 0 aliphatic rings. The van der Waals surface area contributed by atoms with Gasteiger partial charge in [0.05, 0.1) is 5.92 Å². The van der Waals surface area contributed by atoms with Crippen molar-refractivity contribution in [1.29, 1.82) is 0 Å². The van der Waals surface area contributed by atoms with Crippen molar-refractivity contribution in [2.24, 2.45) is 11.8 Å². The number of carbonyl (C=O) groups is 2. The number of amides is 2. The van der Waals surface area contributed by atoms with Crippen LogP contribution in [0, 0.1) is 11.8 Å². The number of carboxylic acids is 1. The predicted molar refractivity (Wildman–Crippen MR) is 62.3 cm³/mol. The summed E-state index contributed by atoms with van der Waals surface area (Å²) in [4.78, 5) is 22.1. The van der Waals surface area contributed by atoms with Gasteiger partial charge in [-0.05, 0) is 12.3 Å². The van der Waals surface area contributed by atoms with Crippen molar-refractivity contribution in [2.75, 3.05) is 13.1 Å². The highest BCUT2D eigenvalue weighted by Gasteiger charge is 2.21. The van der Waals surface area contributed by atoms with Crippen LogP contribution in [-0.2, 0) is 4.79 Å². The summed E-state index contributed by atoms with van der Waals surface area (Å²) >= 11 is 0. The quantitative estimate of drug-likeness (QED) is 0.579. The van der Waals surface area contributed by atoms with Gasteiger partial charge >= 0.3 is 12.0 Å². The summed E-state index contributed by atoms with van der Waals surface area (Å²) in [5.41, 5.74) is 0. The first-order valence-corrected chi connectivity index (χ1v) is 5.73. The van der Waals surface area contributed by atoms with Gasteiger partial charge in [0.15, 0.2) is 0 Å². The molecule has 0 aromatic heterocycles. The van der Waals surface area contributed by atoms with E-state index in [-0.39, 0.29) is 18.5 Å². The number of urea groups is 1. The van der Waals surface area contributed by atoms with E-state index in [1.165, 1.54) is 0 Å². The molecule has 3 N–H and O–H groups in total. The fraction of sp³-hybridized carbons (Fsp3) is 0.818. The van der Waals surface area contributed by atoms with Crippen LogP contribution in [-0.4, -0.2) is 30.2 Å². The molecule has 0 saturated heterocycles. The molecule has 0 aromatic rings. The van der Waals surface area contributed by atoms with Crippen molar-refractivity contribution >= 4 is 12.0 Å². The summed E-state index contributed by atoms with van der Waals surface area (Å²) < 4.78 is 0. The normalized spacial score (nSPS) is 12.2. The molecule has 0 bridgehead atoms. The summed E-state index contributed by atoms with van der Waals surface area (Å²) in [6, 6.07) is -0.291. The van der Waals surface area contributed by atoms with Gasteiger partial charge in [0.2, 0.25) is 0 Å². The standard InChI is InChI=1S/C11H22N2O3/c1-4-5-6-12-11(16)13-7-9(8(2)3)10(14)15/h8-9H,4-7H2,1-3H3,(H,14,15)(H2,12,13,16). The Hall–Kier alpha value is -1.26. The van der Waals surface area contributed by atoms with Crippen molar-refractivity contribution in [2.45, 2.75) is 33.6 Å². The molecule has 0 spiro atoms. The summed E-state index contributed by atoms with van der Waals surface area (Å²) in [6.07, 6.45) is 1.95. The lowest BCUT2D eigenvalue weighted by atomic mass is 9.96. The average molecular weight is 230 g/mol. The molecule has 0 rings (SSSR count). The van der Waals surface area contributed by atoms with Crippen molar-refractivity contribution in [3.63, 3.8) is 0 Å². The molecule has 1 unspecified atom stereocenters. The first-order valence-electron chi connectivity index (χ1n) is 5.73. The van der Waals surface area contributed by atoms with E-state index in [1.54, 1.807) is 0 Å². The van der Waals surface area contributed by atoms with Crippen LogP contribution in [0.3, 0.4) is 0 Å². The maximum Gasteiger partial charge on any atom is 0.314 e. The first-order chi connectivity index (χ1) is 7.49. The number of rotatable bonds is 7. The molecular weight excluding hydrogens is 208 g/mol. The van der Waals surface area contributed by atoms with E-state index in [0.717, 1.165) is 12.8 Å². The number of hydrogen-bond acceptors (Lipinski definition) is 2. The van der Waals surface area contributed by atoms with Gasteiger partial charge in [-0.2, -0.15) is 0 Å². The van der Waals surface area contributed by atoms with Crippen LogP contribution in [0.2, 0.25) is 0 Å². The Labute approximate surface area is 96.6 Å². The van der Waals surface area contributed by atoms with Crippen LogP contribution in [0.15, 0.2) is 0 Å². The van der Waals surface area contributed by atoms with Gasteiger partial charge in [0.25, 0.3) is 0 Å². The van der Waals surface area contributed by atoms with Crippen LogP contribution in [0.25, 0.3) is 0 Å². The third-order valence-corrected chi connectivity index (χ3v) is 2.42. The molecule has 16 heavy (non-hydrogen) atoms. The summed E-state index contributed by atoms with van der Waals surface area (Å²) in [6.45, 7) is 6.50. The third-order valence-electron chi connectivity index (χ3n) is 2.42. The zero-order chi connectivity index (χ0) is 12.6. The molecule has 0 aromatic carbocycles. The van der Waals surface area contributed by atoms with E-state index in [2.05, 4.69) is 10.6 Å². The lowest BCUT2D eigenvalue weighted by molar-refractivity contribution is -0.142. The van der Waals surface area contributed by atoms with Crippen LogP contribution >= 0.6 is 0 Å². The van der Waals surface area contributed by atoms with Gasteiger partial charge in [0.1, 0.15) is 0 Å². The van der Waals surface area contributed by atoms with E-state index < -0.39 is 11.9 Å². The molecular formula is C11H22N2O3. The van der Waals surface area contributed by atoms with Gasteiger partial charge < -0.3 is 15.7 Å².